The van der Waals surface area contributed by atoms with E-state index in [0.29, 0.717) is 34.2 Å². The maximum Gasteiger partial charge on any atom is 0.161 e. The van der Waals surface area contributed by atoms with E-state index in [2.05, 4.69) is 16.0 Å². The summed E-state index contributed by atoms with van der Waals surface area (Å²) in [6, 6.07) is 11.6. The standard InChI is InChI=1S/C21H19N3O2S2/c1-4-26-18-7-5-15(6-8-18)20-24-17(11-27-20)12-28-21-16(10-22)9-19(14(3)25)13(2)23-21/h5-9,11H,4,12H2,1-3H3. The number of aryl methyl sites for hydroxylation is 1. The molecule has 5 nitrogen and oxygen atoms in total. The van der Waals surface area contributed by atoms with Gasteiger partial charge in [-0.1, -0.05) is 11.8 Å². The lowest BCUT2D eigenvalue weighted by Crippen LogP contribution is -2.02. The first kappa shape index (κ1) is 20.1. The fraction of sp³-hybridized carbons (Fsp3) is 0.238. The van der Waals surface area contributed by atoms with E-state index in [0.717, 1.165) is 22.0 Å². The number of ether oxygens (including phenoxy) is 1. The molecular formula is C21H19N3O2S2. The van der Waals surface area contributed by atoms with Crippen LogP contribution in [-0.2, 0) is 5.75 Å². The van der Waals surface area contributed by atoms with Crippen LogP contribution in [0.2, 0.25) is 0 Å². The Morgan fingerprint density at radius 1 is 1.29 bits per heavy atom. The highest BCUT2D eigenvalue weighted by Gasteiger charge is 2.14. The number of carbonyl (C=O) groups is 1. The minimum atomic E-state index is -0.0856. The summed E-state index contributed by atoms with van der Waals surface area (Å²) >= 11 is 3.04. The molecule has 0 fully saturated rings. The van der Waals surface area contributed by atoms with Gasteiger partial charge in [0.2, 0.25) is 0 Å². The Morgan fingerprint density at radius 2 is 2.04 bits per heavy atom. The number of pyridine rings is 1. The van der Waals surface area contributed by atoms with E-state index in [1.165, 1.54) is 18.7 Å². The number of aromatic nitrogens is 2. The van der Waals surface area contributed by atoms with Gasteiger partial charge in [-0.05, 0) is 51.1 Å². The summed E-state index contributed by atoms with van der Waals surface area (Å²) in [7, 11) is 0. The first-order chi connectivity index (χ1) is 13.5. The zero-order chi connectivity index (χ0) is 20.1. The molecule has 0 N–H and O–H groups in total. The van der Waals surface area contributed by atoms with Gasteiger partial charge in [-0.25, -0.2) is 9.97 Å². The van der Waals surface area contributed by atoms with Crippen LogP contribution in [-0.4, -0.2) is 22.4 Å². The van der Waals surface area contributed by atoms with Crippen LogP contribution in [0.25, 0.3) is 10.6 Å². The molecule has 0 bridgehead atoms. The molecule has 0 aliphatic carbocycles. The zero-order valence-corrected chi connectivity index (χ0v) is 17.5. The molecule has 0 radical (unpaired) electrons. The Bertz CT molecular complexity index is 1040. The maximum absolute atomic E-state index is 11.6. The summed E-state index contributed by atoms with van der Waals surface area (Å²) in [6.07, 6.45) is 0. The van der Waals surface area contributed by atoms with E-state index < -0.39 is 0 Å². The number of carbonyl (C=O) groups excluding carboxylic acids is 1. The topological polar surface area (TPSA) is 75.9 Å². The van der Waals surface area contributed by atoms with Crippen LogP contribution in [0.1, 0.15) is 41.2 Å². The van der Waals surface area contributed by atoms with Crippen LogP contribution in [0.15, 0.2) is 40.7 Å². The van der Waals surface area contributed by atoms with Crippen LogP contribution < -0.4 is 4.74 Å². The van der Waals surface area contributed by atoms with Crippen molar-refractivity contribution in [3.8, 4) is 22.4 Å². The van der Waals surface area contributed by atoms with Crippen molar-refractivity contribution < 1.29 is 9.53 Å². The number of hydrogen-bond acceptors (Lipinski definition) is 7. The Kier molecular flexibility index (Phi) is 6.45. The predicted octanol–water partition coefficient (Wildman–Crippen LogP) is 5.28. The molecule has 0 aliphatic rings. The lowest BCUT2D eigenvalue weighted by Gasteiger charge is -2.07. The monoisotopic (exact) mass is 409 g/mol. The van der Waals surface area contributed by atoms with Gasteiger partial charge < -0.3 is 4.74 Å². The molecule has 2 heterocycles. The molecule has 28 heavy (non-hydrogen) atoms. The van der Waals surface area contributed by atoms with E-state index in [1.807, 2.05) is 36.6 Å². The second kappa shape index (κ2) is 9.00. The highest BCUT2D eigenvalue weighted by Crippen LogP contribution is 2.30. The molecule has 3 aromatic rings. The highest BCUT2D eigenvalue weighted by atomic mass is 32.2. The van der Waals surface area contributed by atoms with Gasteiger partial charge in [0.15, 0.2) is 5.78 Å². The molecule has 142 valence electrons. The largest absolute Gasteiger partial charge is 0.494 e. The van der Waals surface area contributed by atoms with E-state index in [9.17, 15) is 10.1 Å². The third-order valence-electron chi connectivity index (χ3n) is 4.00. The molecule has 0 atom stereocenters. The second-order valence-electron chi connectivity index (χ2n) is 6.03. The van der Waals surface area contributed by atoms with Crippen molar-refractivity contribution in [2.75, 3.05) is 6.61 Å². The molecule has 0 amide bonds. The Balaban J connectivity index is 1.73. The first-order valence-corrected chi connectivity index (χ1v) is 10.6. The average molecular weight is 410 g/mol. The van der Waals surface area contributed by atoms with Gasteiger partial charge in [0.25, 0.3) is 0 Å². The van der Waals surface area contributed by atoms with Crippen molar-refractivity contribution in [3.05, 3.63) is 58.2 Å². The lowest BCUT2D eigenvalue weighted by atomic mass is 10.1. The lowest BCUT2D eigenvalue weighted by molar-refractivity contribution is 0.101. The van der Waals surface area contributed by atoms with Crippen molar-refractivity contribution in [1.82, 2.24) is 9.97 Å². The summed E-state index contributed by atoms with van der Waals surface area (Å²) in [5.74, 6) is 1.37. The van der Waals surface area contributed by atoms with Gasteiger partial charge in [0.05, 0.1) is 17.9 Å². The molecule has 2 aromatic heterocycles. The molecule has 0 spiro atoms. The fourth-order valence-corrected chi connectivity index (χ4v) is 4.46. The van der Waals surface area contributed by atoms with E-state index in [1.54, 1.807) is 24.3 Å². The molecule has 0 unspecified atom stereocenters. The van der Waals surface area contributed by atoms with Crippen LogP contribution in [0.5, 0.6) is 5.75 Å². The number of Topliss-reactive ketones (excluding diaryl/α,β-unsaturated/α-hetero) is 1. The average Bonchev–Trinajstić information content (AvgIpc) is 3.16. The predicted molar refractivity (Wildman–Crippen MR) is 112 cm³/mol. The molecule has 1 aromatic carbocycles. The smallest absolute Gasteiger partial charge is 0.161 e. The van der Waals surface area contributed by atoms with E-state index in [4.69, 9.17) is 4.74 Å². The molecule has 0 aliphatic heterocycles. The van der Waals surface area contributed by atoms with Gasteiger partial charge in [0, 0.05) is 28.0 Å². The van der Waals surface area contributed by atoms with E-state index in [-0.39, 0.29) is 5.78 Å². The summed E-state index contributed by atoms with van der Waals surface area (Å²) in [6.45, 7) is 5.87. The number of ketones is 1. The van der Waals surface area contributed by atoms with Gasteiger partial charge >= 0.3 is 0 Å². The first-order valence-electron chi connectivity index (χ1n) is 8.75. The Labute approximate surface area is 172 Å². The van der Waals surface area contributed by atoms with Crippen LogP contribution >= 0.6 is 23.1 Å². The minimum Gasteiger partial charge on any atom is -0.494 e. The summed E-state index contributed by atoms with van der Waals surface area (Å²) in [5, 5.41) is 13.0. The summed E-state index contributed by atoms with van der Waals surface area (Å²) in [4.78, 5) is 20.8. The van der Waals surface area contributed by atoms with Crippen molar-refractivity contribution in [3.63, 3.8) is 0 Å². The number of thiazole rings is 1. The van der Waals surface area contributed by atoms with Crippen molar-refractivity contribution in [2.45, 2.75) is 31.6 Å². The zero-order valence-electron chi connectivity index (χ0n) is 15.9. The normalized spacial score (nSPS) is 10.5. The van der Waals surface area contributed by atoms with Gasteiger partial charge in [-0.15, -0.1) is 11.3 Å². The van der Waals surface area contributed by atoms with Gasteiger partial charge in [-0.3, -0.25) is 4.79 Å². The van der Waals surface area contributed by atoms with Crippen LogP contribution in [0.4, 0.5) is 0 Å². The molecule has 3 rings (SSSR count). The highest BCUT2D eigenvalue weighted by molar-refractivity contribution is 7.98. The number of nitriles is 1. The molecule has 0 saturated carbocycles. The number of nitrogens with zero attached hydrogens (tertiary/aromatic N) is 3. The van der Waals surface area contributed by atoms with Gasteiger partial charge in [0.1, 0.15) is 21.9 Å². The maximum atomic E-state index is 11.6. The number of thioether (sulfide) groups is 1. The molecule has 0 saturated heterocycles. The number of hydrogen-bond donors (Lipinski definition) is 0. The SMILES string of the molecule is CCOc1ccc(-c2nc(CSc3nc(C)c(C(C)=O)cc3C#N)cs2)cc1. The molecule has 7 heteroatoms. The molecular weight excluding hydrogens is 390 g/mol. The quantitative estimate of drug-likeness (QED) is 0.390. The van der Waals surface area contributed by atoms with Gasteiger partial charge in [-0.2, -0.15) is 5.26 Å². The van der Waals surface area contributed by atoms with Crippen LogP contribution in [0.3, 0.4) is 0 Å². The van der Waals surface area contributed by atoms with Crippen LogP contribution in [0, 0.1) is 18.3 Å². The number of benzene rings is 1. The fourth-order valence-electron chi connectivity index (χ4n) is 2.64. The summed E-state index contributed by atoms with van der Waals surface area (Å²) < 4.78 is 5.47. The number of rotatable bonds is 7. The third kappa shape index (κ3) is 4.58. The van der Waals surface area contributed by atoms with Crippen molar-refractivity contribution in [2.24, 2.45) is 0 Å². The van der Waals surface area contributed by atoms with Crippen molar-refractivity contribution in [1.29, 1.82) is 5.26 Å². The second-order valence-corrected chi connectivity index (χ2v) is 7.85. The van der Waals surface area contributed by atoms with Crippen molar-refractivity contribution >= 4 is 28.9 Å². The Hall–Kier alpha value is -2.69. The van der Waals surface area contributed by atoms with E-state index >= 15 is 0 Å². The third-order valence-corrected chi connectivity index (χ3v) is 5.96. The summed E-state index contributed by atoms with van der Waals surface area (Å²) in [5.41, 5.74) is 3.53. The Morgan fingerprint density at radius 3 is 2.68 bits per heavy atom. The minimum absolute atomic E-state index is 0.0856.